The van der Waals surface area contributed by atoms with Crippen molar-refractivity contribution < 1.29 is 0 Å². The molecular formula is C14H25N3S. The molecule has 3 N–H and O–H groups in total. The molecule has 1 aliphatic rings. The van der Waals surface area contributed by atoms with Crippen LogP contribution in [-0.4, -0.2) is 11.0 Å². The molecule has 0 radical (unpaired) electrons. The molecule has 1 fully saturated rings. The first-order chi connectivity index (χ1) is 8.49. The molecule has 1 aromatic heterocycles. The van der Waals surface area contributed by atoms with E-state index in [-0.39, 0.29) is 5.41 Å². The Hall–Kier alpha value is -0.450. The minimum Gasteiger partial charge on any atom is -0.271 e. The van der Waals surface area contributed by atoms with E-state index in [9.17, 15) is 0 Å². The molecule has 0 amide bonds. The number of nitrogens with two attached hydrogens (primary N) is 1. The molecule has 0 aliphatic heterocycles. The van der Waals surface area contributed by atoms with Crippen molar-refractivity contribution in [3.05, 3.63) is 16.1 Å². The second-order valence-corrected chi connectivity index (χ2v) is 7.42. The largest absolute Gasteiger partial charge is 0.271 e. The number of hydrogen-bond acceptors (Lipinski definition) is 4. The molecule has 0 aromatic carbocycles. The van der Waals surface area contributed by atoms with Gasteiger partial charge in [0.1, 0.15) is 0 Å². The molecular weight excluding hydrogens is 242 g/mol. The molecule has 102 valence electrons. The van der Waals surface area contributed by atoms with Gasteiger partial charge in [-0.25, -0.2) is 4.98 Å². The van der Waals surface area contributed by atoms with E-state index in [0.717, 1.165) is 12.3 Å². The molecule has 0 saturated heterocycles. The number of hydrazine groups is 1. The number of nitrogens with one attached hydrogen (secondary N) is 1. The third-order valence-electron chi connectivity index (χ3n) is 3.82. The quantitative estimate of drug-likeness (QED) is 0.637. The van der Waals surface area contributed by atoms with E-state index in [1.165, 1.54) is 36.4 Å². The third kappa shape index (κ3) is 3.53. The average molecular weight is 267 g/mol. The van der Waals surface area contributed by atoms with Gasteiger partial charge in [-0.1, -0.05) is 40.0 Å². The Bertz CT molecular complexity index is 377. The SMILES string of the molecule is CC(C)(C)c1csc(CC(CC2CCC2)NN)n1. The second-order valence-electron chi connectivity index (χ2n) is 6.48. The van der Waals surface area contributed by atoms with Gasteiger partial charge in [0, 0.05) is 23.3 Å². The number of rotatable bonds is 5. The van der Waals surface area contributed by atoms with Crippen LogP contribution in [0, 0.1) is 5.92 Å². The lowest BCUT2D eigenvalue weighted by molar-refractivity contribution is 0.259. The van der Waals surface area contributed by atoms with Crippen LogP contribution in [0.5, 0.6) is 0 Å². The summed E-state index contributed by atoms with van der Waals surface area (Å²) in [6, 6.07) is 0.384. The number of thiazole rings is 1. The van der Waals surface area contributed by atoms with Crippen LogP contribution >= 0.6 is 11.3 Å². The highest BCUT2D eigenvalue weighted by Crippen LogP contribution is 2.31. The third-order valence-corrected chi connectivity index (χ3v) is 4.69. The summed E-state index contributed by atoms with van der Waals surface area (Å²) in [5, 5.41) is 3.40. The summed E-state index contributed by atoms with van der Waals surface area (Å²) < 4.78 is 0. The molecule has 18 heavy (non-hydrogen) atoms. The van der Waals surface area contributed by atoms with Gasteiger partial charge in [0.15, 0.2) is 0 Å². The molecule has 0 bridgehead atoms. The Morgan fingerprint density at radius 3 is 2.67 bits per heavy atom. The second kappa shape index (κ2) is 5.68. The Kier molecular flexibility index (Phi) is 4.41. The standard InChI is InChI=1S/C14H25N3S/c1-14(2,3)12-9-18-13(16-12)8-11(17-15)7-10-5-4-6-10/h9-11,17H,4-8,15H2,1-3H3. The average Bonchev–Trinajstić information content (AvgIpc) is 2.69. The highest BCUT2D eigenvalue weighted by atomic mass is 32.1. The van der Waals surface area contributed by atoms with Crippen LogP contribution in [0.15, 0.2) is 5.38 Å². The van der Waals surface area contributed by atoms with Crippen LogP contribution in [0.25, 0.3) is 0 Å². The van der Waals surface area contributed by atoms with Crippen molar-refractivity contribution in [2.75, 3.05) is 0 Å². The molecule has 0 spiro atoms. The summed E-state index contributed by atoms with van der Waals surface area (Å²) in [7, 11) is 0. The Morgan fingerprint density at radius 1 is 1.50 bits per heavy atom. The maximum absolute atomic E-state index is 5.67. The summed E-state index contributed by atoms with van der Waals surface area (Å²) in [4.78, 5) is 4.74. The number of aromatic nitrogens is 1. The van der Waals surface area contributed by atoms with Crippen molar-refractivity contribution in [3.8, 4) is 0 Å². The Morgan fingerprint density at radius 2 is 2.22 bits per heavy atom. The van der Waals surface area contributed by atoms with Crippen molar-refractivity contribution in [2.24, 2.45) is 11.8 Å². The van der Waals surface area contributed by atoms with Crippen LogP contribution in [0.4, 0.5) is 0 Å². The monoisotopic (exact) mass is 267 g/mol. The fraction of sp³-hybridized carbons (Fsp3) is 0.786. The number of nitrogens with zero attached hydrogens (tertiary/aromatic N) is 1. The predicted octanol–water partition coefficient (Wildman–Crippen LogP) is 3.01. The molecule has 1 atom stereocenters. The fourth-order valence-corrected chi connectivity index (χ4v) is 3.40. The lowest BCUT2D eigenvalue weighted by atomic mass is 9.80. The molecule has 1 unspecified atom stereocenters. The zero-order valence-corrected chi connectivity index (χ0v) is 12.5. The van der Waals surface area contributed by atoms with Gasteiger partial charge < -0.3 is 0 Å². The van der Waals surface area contributed by atoms with Crippen LogP contribution in [-0.2, 0) is 11.8 Å². The zero-order chi connectivity index (χ0) is 13.2. The maximum Gasteiger partial charge on any atom is 0.0944 e. The first-order valence-corrected chi connectivity index (χ1v) is 7.78. The Labute approximate surface area is 114 Å². The summed E-state index contributed by atoms with van der Waals surface area (Å²) in [5.74, 6) is 6.55. The molecule has 1 aliphatic carbocycles. The minimum absolute atomic E-state index is 0.147. The van der Waals surface area contributed by atoms with Crippen molar-refractivity contribution >= 4 is 11.3 Å². The Balaban J connectivity index is 1.92. The first-order valence-electron chi connectivity index (χ1n) is 6.90. The topological polar surface area (TPSA) is 50.9 Å². The van der Waals surface area contributed by atoms with Gasteiger partial charge in [-0.05, 0) is 12.3 Å². The van der Waals surface area contributed by atoms with E-state index in [0.29, 0.717) is 6.04 Å². The van der Waals surface area contributed by atoms with Crippen molar-refractivity contribution in [1.82, 2.24) is 10.4 Å². The first kappa shape index (κ1) is 14.0. The summed E-state index contributed by atoms with van der Waals surface area (Å²) >= 11 is 1.77. The van der Waals surface area contributed by atoms with Crippen molar-refractivity contribution in [3.63, 3.8) is 0 Å². The van der Waals surface area contributed by atoms with Crippen LogP contribution < -0.4 is 11.3 Å². The smallest absolute Gasteiger partial charge is 0.0944 e. The van der Waals surface area contributed by atoms with Crippen LogP contribution in [0.2, 0.25) is 0 Å². The fourth-order valence-electron chi connectivity index (χ4n) is 2.30. The van der Waals surface area contributed by atoms with E-state index in [1.807, 2.05) is 0 Å². The molecule has 3 nitrogen and oxygen atoms in total. The van der Waals surface area contributed by atoms with E-state index in [2.05, 4.69) is 31.6 Å². The van der Waals surface area contributed by atoms with Gasteiger partial charge in [0.05, 0.1) is 10.7 Å². The normalized spacial score (nSPS) is 18.7. The van der Waals surface area contributed by atoms with Crippen LogP contribution in [0.1, 0.15) is 57.2 Å². The zero-order valence-electron chi connectivity index (χ0n) is 11.7. The minimum atomic E-state index is 0.147. The highest BCUT2D eigenvalue weighted by Gasteiger charge is 2.23. The molecule has 2 rings (SSSR count). The number of hydrogen-bond donors (Lipinski definition) is 2. The van der Waals surface area contributed by atoms with Gasteiger partial charge in [0.25, 0.3) is 0 Å². The van der Waals surface area contributed by atoms with E-state index >= 15 is 0 Å². The van der Waals surface area contributed by atoms with Gasteiger partial charge in [-0.15, -0.1) is 11.3 Å². The van der Waals surface area contributed by atoms with Gasteiger partial charge in [-0.2, -0.15) is 0 Å². The molecule has 4 heteroatoms. The highest BCUT2D eigenvalue weighted by molar-refractivity contribution is 7.09. The van der Waals surface area contributed by atoms with E-state index < -0.39 is 0 Å². The lowest BCUT2D eigenvalue weighted by Crippen LogP contribution is -2.39. The van der Waals surface area contributed by atoms with Crippen LogP contribution in [0.3, 0.4) is 0 Å². The van der Waals surface area contributed by atoms with Gasteiger partial charge in [0.2, 0.25) is 0 Å². The predicted molar refractivity (Wildman–Crippen MR) is 77.6 cm³/mol. The lowest BCUT2D eigenvalue weighted by Gasteiger charge is -2.29. The molecule has 1 aromatic rings. The molecule has 1 heterocycles. The van der Waals surface area contributed by atoms with Crippen molar-refractivity contribution in [1.29, 1.82) is 0 Å². The van der Waals surface area contributed by atoms with Gasteiger partial charge in [-0.3, -0.25) is 11.3 Å². The van der Waals surface area contributed by atoms with E-state index in [4.69, 9.17) is 10.8 Å². The van der Waals surface area contributed by atoms with Crippen molar-refractivity contribution in [2.45, 2.75) is 64.3 Å². The molecule has 1 saturated carbocycles. The summed E-state index contributed by atoms with van der Waals surface area (Å²) in [6.07, 6.45) is 6.31. The summed E-state index contributed by atoms with van der Waals surface area (Å²) in [6.45, 7) is 6.62. The van der Waals surface area contributed by atoms with E-state index in [1.54, 1.807) is 11.3 Å². The summed E-state index contributed by atoms with van der Waals surface area (Å²) in [5.41, 5.74) is 4.31. The maximum atomic E-state index is 5.67. The van der Waals surface area contributed by atoms with Gasteiger partial charge >= 0.3 is 0 Å².